The Hall–Kier alpha value is -1.96. The Morgan fingerprint density at radius 3 is 2.71 bits per heavy atom. The van der Waals surface area contributed by atoms with E-state index in [4.69, 9.17) is 10.5 Å². The van der Waals surface area contributed by atoms with Gasteiger partial charge in [-0.3, -0.25) is 9.69 Å². The van der Waals surface area contributed by atoms with E-state index in [-0.39, 0.29) is 5.91 Å². The third-order valence-electron chi connectivity index (χ3n) is 4.19. The number of piperazine rings is 1. The maximum absolute atomic E-state index is 12.5. The van der Waals surface area contributed by atoms with Gasteiger partial charge in [-0.2, -0.15) is 0 Å². The van der Waals surface area contributed by atoms with Crippen LogP contribution in [0.5, 0.6) is 5.75 Å². The predicted molar refractivity (Wildman–Crippen MR) is 94.2 cm³/mol. The second-order valence-corrected chi connectivity index (χ2v) is 6.65. The zero-order valence-corrected chi connectivity index (χ0v) is 14.6. The molecule has 2 heterocycles. The van der Waals surface area contributed by atoms with E-state index in [1.807, 2.05) is 23.1 Å². The maximum atomic E-state index is 12.5. The number of methoxy groups -OCH3 is 1. The molecule has 0 aliphatic carbocycles. The molecule has 0 spiro atoms. The molecule has 24 heavy (non-hydrogen) atoms. The molecule has 0 atom stereocenters. The molecule has 0 saturated carbocycles. The molecule has 1 aromatic carbocycles. The summed E-state index contributed by atoms with van der Waals surface area (Å²) in [5.41, 5.74) is 7.25. The molecule has 7 heteroatoms. The second kappa shape index (κ2) is 7.74. The van der Waals surface area contributed by atoms with Crippen LogP contribution in [0.15, 0.2) is 29.6 Å². The van der Waals surface area contributed by atoms with Crippen molar-refractivity contribution in [1.29, 1.82) is 0 Å². The van der Waals surface area contributed by atoms with E-state index < -0.39 is 0 Å². The monoisotopic (exact) mass is 346 g/mol. The highest BCUT2D eigenvalue weighted by molar-refractivity contribution is 7.09. The van der Waals surface area contributed by atoms with Crippen LogP contribution in [0.25, 0.3) is 0 Å². The van der Waals surface area contributed by atoms with E-state index in [9.17, 15) is 4.79 Å². The number of nitrogens with two attached hydrogens (primary N) is 1. The zero-order chi connectivity index (χ0) is 16.9. The van der Waals surface area contributed by atoms with E-state index in [0.717, 1.165) is 30.4 Å². The Bertz CT molecular complexity index is 695. The van der Waals surface area contributed by atoms with Crippen LogP contribution in [-0.2, 0) is 13.1 Å². The molecule has 1 aliphatic rings. The number of carbonyl (C=O) groups is 1. The first-order valence-electron chi connectivity index (χ1n) is 7.99. The van der Waals surface area contributed by atoms with Gasteiger partial charge in [0, 0.05) is 50.2 Å². The molecule has 0 bridgehead atoms. The lowest BCUT2D eigenvalue weighted by atomic mass is 10.1. The van der Waals surface area contributed by atoms with Gasteiger partial charge >= 0.3 is 0 Å². The number of amides is 1. The van der Waals surface area contributed by atoms with Crippen LogP contribution in [0.2, 0.25) is 0 Å². The van der Waals surface area contributed by atoms with Gasteiger partial charge in [0.1, 0.15) is 16.5 Å². The van der Waals surface area contributed by atoms with Crippen LogP contribution in [0.1, 0.15) is 21.1 Å². The first-order chi connectivity index (χ1) is 11.7. The molecule has 1 saturated heterocycles. The number of benzene rings is 1. The van der Waals surface area contributed by atoms with E-state index in [0.29, 0.717) is 25.3 Å². The Kier molecular flexibility index (Phi) is 5.44. The number of hydrogen-bond donors (Lipinski definition) is 1. The molecule has 1 aromatic heterocycles. The van der Waals surface area contributed by atoms with Gasteiger partial charge < -0.3 is 15.4 Å². The molecule has 2 aromatic rings. The first-order valence-corrected chi connectivity index (χ1v) is 8.87. The smallest absolute Gasteiger partial charge is 0.273 e. The Balaban J connectivity index is 1.56. The first kappa shape index (κ1) is 16.9. The fourth-order valence-electron chi connectivity index (χ4n) is 2.85. The lowest BCUT2D eigenvalue weighted by Gasteiger charge is -2.34. The Labute approximate surface area is 145 Å². The minimum Gasteiger partial charge on any atom is -0.496 e. The van der Waals surface area contributed by atoms with Gasteiger partial charge in [0.25, 0.3) is 5.91 Å². The van der Waals surface area contributed by atoms with Crippen molar-refractivity contribution in [2.45, 2.75) is 13.1 Å². The van der Waals surface area contributed by atoms with E-state index >= 15 is 0 Å². The zero-order valence-electron chi connectivity index (χ0n) is 13.8. The van der Waals surface area contributed by atoms with E-state index in [1.165, 1.54) is 16.9 Å². The van der Waals surface area contributed by atoms with Crippen LogP contribution in [0, 0.1) is 0 Å². The summed E-state index contributed by atoms with van der Waals surface area (Å²) in [6.45, 7) is 4.33. The van der Waals surface area contributed by atoms with E-state index in [1.54, 1.807) is 12.5 Å². The third kappa shape index (κ3) is 3.75. The molecule has 0 radical (unpaired) electrons. The van der Waals surface area contributed by atoms with Gasteiger partial charge in [-0.05, 0) is 6.07 Å². The van der Waals surface area contributed by atoms with Crippen molar-refractivity contribution in [3.05, 3.63) is 45.9 Å². The minimum absolute atomic E-state index is 0.00268. The number of ether oxygens (including phenoxy) is 1. The van der Waals surface area contributed by atoms with Gasteiger partial charge in [0.2, 0.25) is 0 Å². The molecule has 0 unspecified atom stereocenters. The van der Waals surface area contributed by atoms with Gasteiger partial charge in [0.05, 0.1) is 7.11 Å². The molecule has 2 N–H and O–H groups in total. The summed E-state index contributed by atoms with van der Waals surface area (Å²) >= 11 is 1.44. The summed E-state index contributed by atoms with van der Waals surface area (Å²) in [6.07, 6.45) is 0. The third-order valence-corrected chi connectivity index (χ3v) is 5.06. The summed E-state index contributed by atoms with van der Waals surface area (Å²) in [4.78, 5) is 21.0. The van der Waals surface area contributed by atoms with Crippen LogP contribution in [0.3, 0.4) is 0 Å². The Morgan fingerprint density at radius 2 is 2.04 bits per heavy atom. The molecule has 6 nitrogen and oxygen atoms in total. The van der Waals surface area contributed by atoms with Crippen LogP contribution in [-0.4, -0.2) is 54.0 Å². The molecule has 1 aliphatic heterocycles. The van der Waals surface area contributed by atoms with Crippen molar-refractivity contribution in [3.8, 4) is 5.75 Å². The predicted octanol–water partition coefficient (Wildman–Crippen LogP) is 1.57. The number of rotatable bonds is 5. The number of para-hydroxylation sites is 1. The molecule has 3 rings (SSSR count). The average Bonchev–Trinajstić information content (AvgIpc) is 3.11. The quantitative estimate of drug-likeness (QED) is 0.890. The number of nitrogens with zero attached hydrogens (tertiary/aromatic N) is 3. The average molecular weight is 346 g/mol. The molecular weight excluding hydrogens is 324 g/mol. The minimum atomic E-state index is 0.00268. The molecular formula is C17H22N4O2S. The summed E-state index contributed by atoms with van der Waals surface area (Å²) in [5.74, 6) is 0.913. The molecule has 1 amide bonds. The van der Waals surface area contributed by atoms with Gasteiger partial charge in [-0.1, -0.05) is 18.2 Å². The standard InChI is InChI=1S/C17H22N4O2S/c1-23-15-5-3-2-4-13(15)11-20-6-8-21(9-7-20)17(22)14-12-24-16(10-18)19-14/h2-5,12H,6-11,18H2,1H3. The van der Waals surface area contributed by atoms with Crippen LogP contribution in [0.4, 0.5) is 0 Å². The SMILES string of the molecule is COc1ccccc1CN1CCN(C(=O)c2csc(CN)n2)CC1. The largest absolute Gasteiger partial charge is 0.496 e. The topological polar surface area (TPSA) is 71.7 Å². The fourth-order valence-corrected chi connectivity index (χ4v) is 3.50. The Morgan fingerprint density at radius 1 is 1.29 bits per heavy atom. The number of thiazole rings is 1. The van der Waals surface area contributed by atoms with Crippen molar-refractivity contribution in [2.75, 3.05) is 33.3 Å². The van der Waals surface area contributed by atoms with Crippen molar-refractivity contribution < 1.29 is 9.53 Å². The van der Waals surface area contributed by atoms with Crippen molar-refractivity contribution in [3.63, 3.8) is 0 Å². The van der Waals surface area contributed by atoms with Crippen molar-refractivity contribution >= 4 is 17.2 Å². The van der Waals surface area contributed by atoms with Crippen LogP contribution < -0.4 is 10.5 Å². The van der Waals surface area contributed by atoms with Crippen molar-refractivity contribution in [2.24, 2.45) is 5.73 Å². The second-order valence-electron chi connectivity index (χ2n) is 5.71. The maximum Gasteiger partial charge on any atom is 0.273 e. The lowest BCUT2D eigenvalue weighted by Crippen LogP contribution is -2.48. The summed E-state index contributed by atoms with van der Waals surface area (Å²) in [5, 5.41) is 2.60. The van der Waals surface area contributed by atoms with Gasteiger partial charge in [0.15, 0.2) is 0 Å². The highest BCUT2D eigenvalue weighted by Crippen LogP contribution is 2.20. The number of hydrogen-bond acceptors (Lipinski definition) is 6. The summed E-state index contributed by atoms with van der Waals surface area (Å²) < 4.78 is 5.41. The number of carbonyl (C=O) groups excluding carboxylic acids is 1. The fraction of sp³-hybridized carbons (Fsp3) is 0.412. The summed E-state index contributed by atoms with van der Waals surface area (Å²) in [7, 11) is 1.69. The molecule has 128 valence electrons. The van der Waals surface area contributed by atoms with Gasteiger partial charge in [-0.25, -0.2) is 4.98 Å². The van der Waals surface area contributed by atoms with E-state index in [2.05, 4.69) is 16.0 Å². The summed E-state index contributed by atoms with van der Waals surface area (Å²) in [6, 6.07) is 8.06. The van der Waals surface area contributed by atoms with Crippen molar-refractivity contribution in [1.82, 2.24) is 14.8 Å². The molecule has 1 fully saturated rings. The highest BCUT2D eigenvalue weighted by Gasteiger charge is 2.24. The normalized spacial score (nSPS) is 15.5. The lowest BCUT2D eigenvalue weighted by molar-refractivity contribution is 0.0622. The van der Waals surface area contributed by atoms with Crippen LogP contribution >= 0.6 is 11.3 Å². The highest BCUT2D eigenvalue weighted by atomic mass is 32.1. The number of aromatic nitrogens is 1. The van der Waals surface area contributed by atoms with Gasteiger partial charge in [-0.15, -0.1) is 11.3 Å².